The molecule has 0 aliphatic carbocycles. The predicted octanol–water partition coefficient (Wildman–Crippen LogP) is 3.16. The van der Waals surface area contributed by atoms with Crippen LogP contribution in [0.25, 0.3) is 0 Å². The molecule has 0 aromatic carbocycles. The minimum atomic E-state index is 0.245. The lowest BCUT2D eigenvalue weighted by Crippen LogP contribution is -1.98. The summed E-state index contributed by atoms with van der Waals surface area (Å²) in [5, 5.41) is 8.86. The summed E-state index contributed by atoms with van der Waals surface area (Å²) in [6, 6.07) is 0. The van der Waals surface area contributed by atoms with Gasteiger partial charge in [0.05, 0.1) is 0 Å². The molecule has 2 unspecified atom stereocenters. The minimum Gasteiger partial charge on any atom is -0.396 e. The molecule has 2 atom stereocenters. The highest BCUT2D eigenvalue weighted by atomic mass is 16.3. The van der Waals surface area contributed by atoms with Crippen LogP contribution in [-0.2, 0) is 0 Å². The maximum atomic E-state index is 8.86. The third-order valence-corrected chi connectivity index (χ3v) is 2.02. The van der Waals surface area contributed by atoms with Gasteiger partial charge in [-0.2, -0.15) is 0 Å². The van der Waals surface area contributed by atoms with Crippen molar-refractivity contribution in [3.05, 3.63) is 23.8 Å². The average molecular weight is 182 g/mol. The summed E-state index contributed by atoms with van der Waals surface area (Å²) in [7, 11) is 0. The van der Waals surface area contributed by atoms with Crippen LogP contribution in [0.3, 0.4) is 0 Å². The summed E-state index contributed by atoms with van der Waals surface area (Å²) in [5.41, 5.74) is 1.37. The van der Waals surface area contributed by atoms with E-state index in [1.54, 1.807) is 0 Å². The van der Waals surface area contributed by atoms with Crippen molar-refractivity contribution in [3.8, 4) is 0 Å². The summed E-state index contributed by atoms with van der Waals surface area (Å²) >= 11 is 0. The number of aliphatic hydroxyl groups excluding tert-OH is 1. The molecule has 1 nitrogen and oxygen atoms in total. The van der Waals surface area contributed by atoms with Gasteiger partial charge in [-0.1, -0.05) is 37.6 Å². The Morgan fingerprint density at radius 1 is 1.31 bits per heavy atom. The molecule has 0 rings (SSSR count). The highest BCUT2D eigenvalue weighted by Crippen LogP contribution is 2.14. The predicted molar refractivity (Wildman–Crippen MR) is 58.6 cm³/mol. The van der Waals surface area contributed by atoms with Crippen LogP contribution in [0.5, 0.6) is 0 Å². The van der Waals surface area contributed by atoms with Crippen molar-refractivity contribution in [3.63, 3.8) is 0 Å². The summed E-state index contributed by atoms with van der Waals surface area (Å²) < 4.78 is 0. The molecule has 0 heterocycles. The Balaban J connectivity index is 3.97. The molecule has 0 amide bonds. The highest BCUT2D eigenvalue weighted by Gasteiger charge is 2.00. The van der Waals surface area contributed by atoms with Crippen molar-refractivity contribution in [1.29, 1.82) is 0 Å². The standard InChI is InChI=1S/C12H22O/c1-5-6-10(2)7-11(3)8-12(4)9-13/h5-6,8,10,12-13H,7,9H2,1-4H3/b6-5+,11-8+. The van der Waals surface area contributed by atoms with E-state index in [1.807, 2.05) is 13.8 Å². The van der Waals surface area contributed by atoms with Gasteiger partial charge in [0.1, 0.15) is 0 Å². The Bertz CT molecular complexity index is 180. The Morgan fingerprint density at radius 3 is 2.38 bits per heavy atom. The molecule has 0 aromatic heterocycles. The molecule has 0 aliphatic heterocycles. The first kappa shape index (κ1) is 12.4. The third-order valence-electron chi connectivity index (χ3n) is 2.02. The lowest BCUT2D eigenvalue weighted by molar-refractivity contribution is 0.261. The van der Waals surface area contributed by atoms with Gasteiger partial charge in [-0.3, -0.25) is 0 Å². The summed E-state index contributed by atoms with van der Waals surface area (Å²) in [4.78, 5) is 0. The average Bonchev–Trinajstić information content (AvgIpc) is 2.04. The second-order valence-electron chi connectivity index (χ2n) is 3.88. The van der Waals surface area contributed by atoms with E-state index in [1.165, 1.54) is 5.57 Å². The first-order chi connectivity index (χ1) is 6.10. The number of rotatable bonds is 5. The zero-order valence-electron chi connectivity index (χ0n) is 9.25. The second-order valence-corrected chi connectivity index (χ2v) is 3.88. The molecular formula is C12H22O. The van der Waals surface area contributed by atoms with E-state index in [-0.39, 0.29) is 12.5 Å². The van der Waals surface area contributed by atoms with Crippen LogP contribution in [0, 0.1) is 11.8 Å². The Hall–Kier alpha value is -0.560. The van der Waals surface area contributed by atoms with Crippen LogP contribution in [-0.4, -0.2) is 11.7 Å². The van der Waals surface area contributed by atoms with Gasteiger partial charge in [0.2, 0.25) is 0 Å². The molecule has 0 saturated heterocycles. The molecule has 13 heavy (non-hydrogen) atoms. The maximum Gasteiger partial charge on any atom is 0.0491 e. The topological polar surface area (TPSA) is 20.2 Å². The van der Waals surface area contributed by atoms with Crippen molar-refractivity contribution in [1.82, 2.24) is 0 Å². The van der Waals surface area contributed by atoms with E-state index in [4.69, 9.17) is 5.11 Å². The molecule has 1 N–H and O–H groups in total. The van der Waals surface area contributed by atoms with Crippen molar-refractivity contribution in [2.45, 2.75) is 34.1 Å². The number of aliphatic hydroxyl groups is 1. The smallest absolute Gasteiger partial charge is 0.0491 e. The van der Waals surface area contributed by atoms with E-state index >= 15 is 0 Å². The number of allylic oxidation sites excluding steroid dienone is 3. The van der Waals surface area contributed by atoms with Gasteiger partial charge >= 0.3 is 0 Å². The number of hydrogen-bond donors (Lipinski definition) is 1. The van der Waals surface area contributed by atoms with E-state index in [9.17, 15) is 0 Å². The van der Waals surface area contributed by atoms with E-state index < -0.39 is 0 Å². The summed E-state index contributed by atoms with van der Waals surface area (Å²) in [5.74, 6) is 0.893. The van der Waals surface area contributed by atoms with Crippen molar-refractivity contribution in [2.75, 3.05) is 6.61 Å². The molecule has 0 aliphatic rings. The zero-order chi connectivity index (χ0) is 10.3. The van der Waals surface area contributed by atoms with Gasteiger partial charge in [0, 0.05) is 6.61 Å². The van der Waals surface area contributed by atoms with Gasteiger partial charge in [-0.05, 0) is 32.1 Å². The van der Waals surface area contributed by atoms with Crippen LogP contribution >= 0.6 is 0 Å². The highest BCUT2D eigenvalue weighted by molar-refractivity contribution is 5.03. The molecule has 0 aromatic rings. The van der Waals surface area contributed by atoms with Crippen LogP contribution in [0.4, 0.5) is 0 Å². The number of hydrogen-bond acceptors (Lipinski definition) is 1. The van der Waals surface area contributed by atoms with Crippen LogP contribution in [0.2, 0.25) is 0 Å². The molecular weight excluding hydrogens is 160 g/mol. The van der Waals surface area contributed by atoms with Gasteiger partial charge in [0.15, 0.2) is 0 Å². The van der Waals surface area contributed by atoms with Crippen molar-refractivity contribution >= 4 is 0 Å². The van der Waals surface area contributed by atoms with Crippen LogP contribution in [0.1, 0.15) is 34.1 Å². The lowest BCUT2D eigenvalue weighted by atomic mass is 9.99. The molecule has 76 valence electrons. The van der Waals surface area contributed by atoms with Gasteiger partial charge < -0.3 is 5.11 Å². The van der Waals surface area contributed by atoms with E-state index in [0.29, 0.717) is 5.92 Å². The molecule has 0 saturated carbocycles. The first-order valence-electron chi connectivity index (χ1n) is 5.01. The van der Waals surface area contributed by atoms with Gasteiger partial charge in [-0.15, -0.1) is 0 Å². The molecule has 1 heteroatoms. The monoisotopic (exact) mass is 182 g/mol. The Kier molecular flexibility index (Phi) is 6.61. The summed E-state index contributed by atoms with van der Waals surface area (Å²) in [6.07, 6.45) is 7.54. The molecule has 0 spiro atoms. The van der Waals surface area contributed by atoms with E-state index in [2.05, 4.69) is 32.1 Å². The van der Waals surface area contributed by atoms with Crippen LogP contribution < -0.4 is 0 Å². The van der Waals surface area contributed by atoms with E-state index in [0.717, 1.165) is 6.42 Å². The van der Waals surface area contributed by atoms with Crippen LogP contribution in [0.15, 0.2) is 23.8 Å². The minimum absolute atomic E-state index is 0.245. The Morgan fingerprint density at radius 2 is 1.92 bits per heavy atom. The lowest BCUT2D eigenvalue weighted by Gasteiger charge is -2.08. The third kappa shape index (κ3) is 6.59. The molecule has 0 radical (unpaired) electrons. The van der Waals surface area contributed by atoms with Crippen molar-refractivity contribution < 1.29 is 5.11 Å². The van der Waals surface area contributed by atoms with Crippen molar-refractivity contribution in [2.24, 2.45) is 11.8 Å². The Labute approximate surface area is 82.2 Å². The quantitative estimate of drug-likeness (QED) is 0.647. The second kappa shape index (κ2) is 6.90. The fourth-order valence-corrected chi connectivity index (χ4v) is 1.51. The fourth-order valence-electron chi connectivity index (χ4n) is 1.51. The normalized spacial score (nSPS) is 17.8. The van der Waals surface area contributed by atoms with Gasteiger partial charge in [-0.25, -0.2) is 0 Å². The largest absolute Gasteiger partial charge is 0.396 e. The summed E-state index contributed by atoms with van der Waals surface area (Å²) in [6.45, 7) is 8.66. The fraction of sp³-hybridized carbons (Fsp3) is 0.667. The zero-order valence-corrected chi connectivity index (χ0v) is 9.25. The SMILES string of the molecule is C/C=C/C(C)C/C(C)=C/C(C)CO. The molecule has 0 bridgehead atoms. The molecule has 0 fully saturated rings. The maximum absolute atomic E-state index is 8.86. The van der Waals surface area contributed by atoms with Gasteiger partial charge in [0.25, 0.3) is 0 Å². The first-order valence-corrected chi connectivity index (χ1v) is 5.01.